The molecule has 0 radical (unpaired) electrons. The minimum Gasteiger partial charge on any atom is -0.335 e. The summed E-state index contributed by atoms with van der Waals surface area (Å²) in [7, 11) is -3.42. The molecule has 0 aromatic carbocycles. The summed E-state index contributed by atoms with van der Waals surface area (Å²) in [6.45, 7) is 4.22. The molecule has 4 fully saturated rings. The van der Waals surface area contributed by atoms with Crippen LogP contribution in [0.5, 0.6) is 0 Å². The molecule has 0 aromatic heterocycles. The SMILES string of the molecule is CC(=O)N1C2CCC(C3CCC(F)C(S(C)(=O)=O)C3)CC2N(C(=O)C2CCC2)C[C@@H]1C. The second-order valence-corrected chi connectivity index (χ2v) is 12.8. The minimum absolute atomic E-state index is 0.00765. The molecule has 31 heavy (non-hydrogen) atoms. The number of carbonyl (C=O) groups excluding carboxylic acids is 2. The Hall–Kier alpha value is -1.18. The van der Waals surface area contributed by atoms with E-state index in [1.54, 1.807) is 6.92 Å². The number of carbonyl (C=O) groups is 2. The van der Waals surface area contributed by atoms with Crippen molar-refractivity contribution in [2.24, 2.45) is 17.8 Å². The first kappa shape index (κ1) is 23.0. The van der Waals surface area contributed by atoms with Crippen LogP contribution in [0, 0.1) is 17.8 Å². The summed E-state index contributed by atoms with van der Waals surface area (Å²) in [5.74, 6) is 0.856. The molecular formula is C23H37FN2O4S. The van der Waals surface area contributed by atoms with Crippen molar-refractivity contribution in [1.29, 1.82) is 0 Å². The molecule has 0 N–H and O–H groups in total. The Labute approximate surface area is 185 Å². The molecule has 1 saturated heterocycles. The highest BCUT2D eigenvalue weighted by Crippen LogP contribution is 2.45. The van der Waals surface area contributed by atoms with E-state index < -0.39 is 21.3 Å². The van der Waals surface area contributed by atoms with Gasteiger partial charge >= 0.3 is 0 Å². The second-order valence-electron chi connectivity index (χ2n) is 10.6. The largest absolute Gasteiger partial charge is 0.335 e. The van der Waals surface area contributed by atoms with Crippen LogP contribution in [0.25, 0.3) is 0 Å². The minimum atomic E-state index is -3.42. The molecule has 7 atom stereocenters. The Morgan fingerprint density at radius 2 is 1.58 bits per heavy atom. The van der Waals surface area contributed by atoms with Gasteiger partial charge in [0.05, 0.1) is 17.3 Å². The predicted molar refractivity (Wildman–Crippen MR) is 117 cm³/mol. The number of fused-ring (bicyclic) bond motifs is 1. The zero-order chi connectivity index (χ0) is 22.5. The van der Waals surface area contributed by atoms with Crippen LogP contribution in [0.4, 0.5) is 4.39 Å². The maximum Gasteiger partial charge on any atom is 0.226 e. The maximum absolute atomic E-state index is 14.4. The Kier molecular flexibility index (Phi) is 6.41. The number of rotatable bonds is 3. The van der Waals surface area contributed by atoms with Gasteiger partial charge in [0.1, 0.15) is 6.17 Å². The number of amides is 2. The Balaban J connectivity index is 1.54. The van der Waals surface area contributed by atoms with Gasteiger partial charge in [0.25, 0.3) is 0 Å². The van der Waals surface area contributed by atoms with Crippen LogP contribution < -0.4 is 0 Å². The van der Waals surface area contributed by atoms with Crippen molar-refractivity contribution in [2.75, 3.05) is 12.8 Å². The molecule has 4 aliphatic rings. The first-order valence-corrected chi connectivity index (χ1v) is 14.0. The van der Waals surface area contributed by atoms with Gasteiger partial charge in [-0.3, -0.25) is 9.59 Å². The van der Waals surface area contributed by atoms with Crippen molar-refractivity contribution in [3.05, 3.63) is 0 Å². The molecule has 6 nitrogen and oxygen atoms in total. The Morgan fingerprint density at radius 1 is 0.935 bits per heavy atom. The van der Waals surface area contributed by atoms with E-state index in [4.69, 9.17) is 0 Å². The van der Waals surface area contributed by atoms with E-state index in [1.807, 2.05) is 11.8 Å². The third-order valence-electron chi connectivity index (χ3n) is 8.58. The summed E-state index contributed by atoms with van der Waals surface area (Å²) in [5.41, 5.74) is 0. The normalized spacial score (nSPS) is 39.5. The van der Waals surface area contributed by atoms with Crippen molar-refractivity contribution in [2.45, 2.75) is 101 Å². The van der Waals surface area contributed by atoms with E-state index in [-0.39, 0.29) is 47.7 Å². The fourth-order valence-corrected chi connectivity index (χ4v) is 8.04. The fraction of sp³-hybridized carbons (Fsp3) is 0.913. The van der Waals surface area contributed by atoms with Gasteiger partial charge in [0.2, 0.25) is 11.8 Å². The maximum atomic E-state index is 14.4. The molecule has 0 aromatic rings. The lowest BCUT2D eigenvalue weighted by molar-refractivity contribution is -0.159. The van der Waals surface area contributed by atoms with E-state index >= 15 is 0 Å². The van der Waals surface area contributed by atoms with Gasteiger partial charge in [-0.1, -0.05) is 6.42 Å². The number of hydrogen-bond donors (Lipinski definition) is 0. The fourth-order valence-electron chi connectivity index (χ4n) is 6.77. The first-order valence-electron chi connectivity index (χ1n) is 12.0. The first-order chi connectivity index (χ1) is 14.6. The van der Waals surface area contributed by atoms with Crippen LogP contribution in [-0.2, 0) is 19.4 Å². The summed E-state index contributed by atoms with van der Waals surface area (Å²) in [5, 5.41) is -0.906. The van der Waals surface area contributed by atoms with Crippen LogP contribution in [0.1, 0.15) is 71.6 Å². The third-order valence-corrected chi connectivity index (χ3v) is 10.2. The molecule has 3 aliphatic carbocycles. The summed E-state index contributed by atoms with van der Waals surface area (Å²) in [6.07, 6.45) is 6.80. The molecule has 8 heteroatoms. The average Bonchev–Trinajstić information content (AvgIpc) is 2.64. The quantitative estimate of drug-likeness (QED) is 0.654. The summed E-state index contributed by atoms with van der Waals surface area (Å²) in [6, 6.07) is 0.0346. The van der Waals surface area contributed by atoms with Crippen molar-refractivity contribution in [1.82, 2.24) is 9.80 Å². The van der Waals surface area contributed by atoms with Gasteiger partial charge in [-0.25, -0.2) is 12.8 Å². The number of halogens is 1. The monoisotopic (exact) mass is 456 g/mol. The highest BCUT2D eigenvalue weighted by Gasteiger charge is 2.49. The van der Waals surface area contributed by atoms with Crippen LogP contribution in [0.3, 0.4) is 0 Å². The third kappa shape index (κ3) is 4.38. The predicted octanol–water partition coefficient (Wildman–Crippen LogP) is 2.95. The van der Waals surface area contributed by atoms with Gasteiger partial charge in [-0.15, -0.1) is 0 Å². The summed E-state index contributed by atoms with van der Waals surface area (Å²) in [4.78, 5) is 29.7. The Morgan fingerprint density at radius 3 is 2.16 bits per heavy atom. The van der Waals surface area contributed by atoms with Gasteiger partial charge in [-0.05, 0) is 70.1 Å². The molecule has 4 rings (SSSR count). The summed E-state index contributed by atoms with van der Waals surface area (Å²) >= 11 is 0. The van der Waals surface area contributed by atoms with Crippen LogP contribution in [0.15, 0.2) is 0 Å². The molecule has 0 spiro atoms. The van der Waals surface area contributed by atoms with Gasteiger partial charge in [0.15, 0.2) is 9.84 Å². The topological polar surface area (TPSA) is 74.8 Å². The van der Waals surface area contributed by atoms with Gasteiger partial charge < -0.3 is 9.80 Å². The van der Waals surface area contributed by atoms with Crippen molar-refractivity contribution < 1.29 is 22.4 Å². The number of nitrogens with zero attached hydrogens (tertiary/aromatic N) is 2. The molecule has 6 unspecified atom stereocenters. The van der Waals surface area contributed by atoms with Crippen LogP contribution in [0.2, 0.25) is 0 Å². The number of sulfone groups is 1. The molecular weight excluding hydrogens is 419 g/mol. The molecule has 3 saturated carbocycles. The van der Waals surface area contributed by atoms with Gasteiger partial charge in [0, 0.05) is 31.7 Å². The Bertz CT molecular complexity index is 814. The number of hydrogen-bond acceptors (Lipinski definition) is 4. The van der Waals surface area contributed by atoms with E-state index in [2.05, 4.69) is 4.90 Å². The molecule has 1 aliphatic heterocycles. The zero-order valence-corrected chi connectivity index (χ0v) is 19.8. The van der Waals surface area contributed by atoms with Crippen molar-refractivity contribution in [3.63, 3.8) is 0 Å². The number of alkyl halides is 1. The molecule has 1 heterocycles. The van der Waals surface area contributed by atoms with Gasteiger partial charge in [-0.2, -0.15) is 0 Å². The zero-order valence-electron chi connectivity index (χ0n) is 19.0. The van der Waals surface area contributed by atoms with E-state index in [1.165, 1.54) is 0 Å². The number of piperazine rings is 1. The van der Waals surface area contributed by atoms with E-state index in [0.717, 1.165) is 44.8 Å². The lowest BCUT2D eigenvalue weighted by atomic mass is 9.69. The lowest BCUT2D eigenvalue weighted by Crippen LogP contribution is -2.68. The van der Waals surface area contributed by atoms with E-state index in [9.17, 15) is 22.4 Å². The average molecular weight is 457 g/mol. The highest BCUT2D eigenvalue weighted by atomic mass is 32.2. The highest BCUT2D eigenvalue weighted by molar-refractivity contribution is 7.91. The molecule has 0 bridgehead atoms. The summed E-state index contributed by atoms with van der Waals surface area (Å²) < 4.78 is 38.6. The standard InChI is InChI=1S/C23H37FN2O4S/c1-14-13-25(23(28)16-5-4-6-16)21-11-17(8-10-20(21)26(14)15(2)27)18-7-9-19(24)22(12-18)31(3,29)30/h14,16-22H,4-13H2,1-3H3/t14-,17?,18?,19?,20?,21?,22?/m0/s1. The second kappa shape index (κ2) is 8.64. The molecule has 2 amide bonds. The van der Waals surface area contributed by atoms with Crippen LogP contribution in [-0.4, -0.2) is 72.4 Å². The lowest BCUT2D eigenvalue weighted by Gasteiger charge is -2.55. The van der Waals surface area contributed by atoms with E-state index in [0.29, 0.717) is 25.8 Å². The van der Waals surface area contributed by atoms with Crippen molar-refractivity contribution >= 4 is 21.7 Å². The van der Waals surface area contributed by atoms with Crippen molar-refractivity contribution in [3.8, 4) is 0 Å². The molecule has 176 valence electrons. The van der Waals surface area contributed by atoms with Crippen LogP contribution >= 0.6 is 0 Å². The smallest absolute Gasteiger partial charge is 0.226 e.